The molecule has 1 aliphatic rings. The van der Waals surface area contributed by atoms with Gasteiger partial charge in [0.1, 0.15) is 11.8 Å². The minimum Gasteiger partial charge on any atom is -0.336 e. The van der Waals surface area contributed by atoms with E-state index in [0.29, 0.717) is 24.3 Å². The first-order chi connectivity index (χ1) is 14.3. The van der Waals surface area contributed by atoms with Gasteiger partial charge in [0.2, 0.25) is 0 Å². The van der Waals surface area contributed by atoms with Crippen LogP contribution >= 0.6 is 0 Å². The third-order valence-corrected chi connectivity index (χ3v) is 5.32. The zero-order valence-corrected chi connectivity index (χ0v) is 16.1. The first kappa shape index (κ1) is 18.9. The summed E-state index contributed by atoms with van der Waals surface area (Å²) in [5.41, 5.74) is 3.37. The van der Waals surface area contributed by atoms with E-state index in [1.807, 2.05) is 23.1 Å². The minimum absolute atomic E-state index is 0.0300. The van der Waals surface area contributed by atoms with E-state index in [1.54, 1.807) is 12.1 Å². The molecule has 0 atom stereocenters. The Morgan fingerprint density at radius 1 is 0.862 bits per heavy atom. The van der Waals surface area contributed by atoms with E-state index < -0.39 is 0 Å². The number of rotatable bonds is 4. The number of carbonyl (C=O) groups is 1. The average Bonchev–Trinajstić information content (AvgIpc) is 2.81. The summed E-state index contributed by atoms with van der Waals surface area (Å²) in [4.78, 5) is 21.1. The highest BCUT2D eigenvalue weighted by atomic mass is 16.2. The smallest absolute Gasteiger partial charge is 0.255 e. The monoisotopic (exact) mass is 382 g/mol. The zero-order chi connectivity index (χ0) is 20.1. The summed E-state index contributed by atoms with van der Waals surface area (Å²) in [6.07, 6.45) is 1.49. The van der Waals surface area contributed by atoms with Crippen molar-refractivity contribution < 1.29 is 4.79 Å². The summed E-state index contributed by atoms with van der Waals surface area (Å²) in [6, 6.07) is 26.4. The average molecular weight is 382 g/mol. The fourth-order valence-electron chi connectivity index (χ4n) is 3.84. The Labute approximate surface area is 170 Å². The van der Waals surface area contributed by atoms with E-state index in [0.717, 1.165) is 13.1 Å². The lowest BCUT2D eigenvalue weighted by Crippen LogP contribution is -2.49. The van der Waals surface area contributed by atoms with Gasteiger partial charge < -0.3 is 4.90 Å². The van der Waals surface area contributed by atoms with Crippen molar-refractivity contribution in [2.75, 3.05) is 26.2 Å². The highest BCUT2D eigenvalue weighted by Crippen LogP contribution is 2.29. The summed E-state index contributed by atoms with van der Waals surface area (Å²) < 4.78 is 0. The predicted molar refractivity (Wildman–Crippen MR) is 111 cm³/mol. The summed E-state index contributed by atoms with van der Waals surface area (Å²) >= 11 is 0. The standard InChI is InChI=1S/C24H22N4O/c25-17-22-12-11-21(18-26-22)24(29)28-15-13-27(14-16-28)23(19-7-3-1-4-8-19)20-9-5-2-6-10-20/h1-12,18,23H,13-16H2. The number of aromatic nitrogens is 1. The Morgan fingerprint density at radius 3 is 1.93 bits per heavy atom. The Kier molecular flexibility index (Phi) is 5.64. The summed E-state index contributed by atoms with van der Waals surface area (Å²) in [5.74, 6) is -0.0300. The Hall–Kier alpha value is -3.49. The van der Waals surface area contributed by atoms with Crippen LogP contribution in [0.1, 0.15) is 33.2 Å². The van der Waals surface area contributed by atoms with Crippen LogP contribution in [0.5, 0.6) is 0 Å². The summed E-state index contributed by atoms with van der Waals surface area (Å²) in [5, 5.41) is 8.87. The Balaban J connectivity index is 1.49. The van der Waals surface area contributed by atoms with Crippen molar-refractivity contribution in [3.8, 4) is 6.07 Å². The second-order valence-electron chi connectivity index (χ2n) is 7.10. The first-order valence-corrected chi connectivity index (χ1v) is 9.75. The lowest BCUT2D eigenvalue weighted by atomic mass is 9.96. The quantitative estimate of drug-likeness (QED) is 0.693. The molecule has 1 aromatic heterocycles. The molecular weight excluding hydrogens is 360 g/mol. The van der Waals surface area contributed by atoms with E-state index in [4.69, 9.17) is 5.26 Å². The topological polar surface area (TPSA) is 60.2 Å². The molecule has 0 saturated carbocycles. The molecule has 4 rings (SSSR count). The van der Waals surface area contributed by atoms with Crippen molar-refractivity contribution in [3.63, 3.8) is 0 Å². The molecule has 2 heterocycles. The van der Waals surface area contributed by atoms with Gasteiger partial charge in [-0.25, -0.2) is 4.98 Å². The summed E-state index contributed by atoms with van der Waals surface area (Å²) in [7, 11) is 0. The van der Waals surface area contributed by atoms with Crippen molar-refractivity contribution in [1.29, 1.82) is 5.26 Å². The molecule has 144 valence electrons. The Morgan fingerprint density at radius 2 is 1.45 bits per heavy atom. The van der Waals surface area contributed by atoms with Crippen molar-refractivity contribution in [1.82, 2.24) is 14.8 Å². The van der Waals surface area contributed by atoms with Crippen molar-refractivity contribution >= 4 is 5.91 Å². The maximum absolute atomic E-state index is 12.8. The lowest BCUT2D eigenvalue weighted by molar-refractivity contribution is 0.0597. The zero-order valence-electron chi connectivity index (χ0n) is 16.1. The molecule has 29 heavy (non-hydrogen) atoms. The van der Waals surface area contributed by atoms with Crippen LogP contribution in [0.4, 0.5) is 0 Å². The molecule has 5 heteroatoms. The second-order valence-corrected chi connectivity index (χ2v) is 7.10. The molecule has 0 aliphatic carbocycles. The number of pyridine rings is 1. The number of amides is 1. The van der Waals surface area contributed by atoms with Crippen LogP contribution < -0.4 is 0 Å². The van der Waals surface area contributed by atoms with Crippen LogP contribution in [0, 0.1) is 11.3 Å². The van der Waals surface area contributed by atoms with Gasteiger partial charge in [-0.05, 0) is 23.3 Å². The van der Waals surface area contributed by atoms with Gasteiger partial charge in [-0.2, -0.15) is 5.26 Å². The highest BCUT2D eigenvalue weighted by Gasteiger charge is 2.28. The van der Waals surface area contributed by atoms with Crippen LogP contribution in [0.15, 0.2) is 79.0 Å². The maximum atomic E-state index is 12.8. The van der Waals surface area contributed by atoms with E-state index >= 15 is 0 Å². The van der Waals surface area contributed by atoms with Crippen molar-refractivity contribution in [2.45, 2.75) is 6.04 Å². The molecule has 1 fully saturated rings. The molecule has 0 bridgehead atoms. The SMILES string of the molecule is N#Cc1ccc(C(=O)N2CCN(C(c3ccccc3)c3ccccc3)CC2)cn1. The number of hydrogen-bond acceptors (Lipinski definition) is 4. The van der Waals surface area contributed by atoms with E-state index in [-0.39, 0.29) is 11.9 Å². The number of carbonyl (C=O) groups excluding carboxylic acids is 1. The van der Waals surface area contributed by atoms with E-state index in [2.05, 4.69) is 58.4 Å². The molecule has 0 N–H and O–H groups in total. The molecule has 1 amide bonds. The molecule has 2 aromatic carbocycles. The van der Waals surface area contributed by atoms with Crippen LogP contribution in [0.3, 0.4) is 0 Å². The number of nitrogens with zero attached hydrogens (tertiary/aromatic N) is 4. The fourth-order valence-corrected chi connectivity index (χ4v) is 3.84. The van der Waals surface area contributed by atoms with Gasteiger partial charge in [0.15, 0.2) is 0 Å². The fraction of sp³-hybridized carbons (Fsp3) is 0.208. The third kappa shape index (κ3) is 4.18. The van der Waals surface area contributed by atoms with Gasteiger partial charge in [-0.1, -0.05) is 60.7 Å². The molecule has 1 saturated heterocycles. The van der Waals surface area contributed by atoms with Crippen LogP contribution in [-0.4, -0.2) is 46.9 Å². The molecule has 5 nitrogen and oxygen atoms in total. The largest absolute Gasteiger partial charge is 0.336 e. The Bertz CT molecular complexity index is 949. The van der Waals surface area contributed by atoms with Crippen molar-refractivity contribution in [3.05, 3.63) is 101 Å². The van der Waals surface area contributed by atoms with E-state index in [1.165, 1.54) is 17.3 Å². The molecule has 3 aromatic rings. The van der Waals surface area contributed by atoms with Gasteiger partial charge >= 0.3 is 0 Å². The second kappa shape index (κ2) is 8.68. The van der Waals surface area contributed by atoms with Crippen LogP contribution in [0.25, 0.3) is 0 Å². The van der Waals surface area contributed by atoms with Gasteiger partial charge in [0.25, 0.3) is 5.91 Å². The normalized spacial score (nSPS) is 14.6. The third-order valence-electron chi connectivity index (χ3n) is 5.32. The van der Waals surface area contributed by atoms with Gasteiger partial charge in [-0.3, -0.25) is 9.69 Å². The molecular formula is C24H22N4O. The van der Waals surface area contributed by atoms with Crippen molar-refractivity contribution in [2.24, 2.45) is 0 Å². The van der Waals surface area contributed by atoms with E-state index in [9.17, 15) is 4.79 Å². The number of nitriles is 1. The number of piperazine rings is 1. The minimum atomic E-state index is -0.0300. The van der Waals surface area contributed by atoms with Crippen LogP contribution in [0.2, 0.25) is 0 Å². The highest BCUT2D eigenvalue weighted by molar-refractivity contribution is 5.94. The first-order valence-electron chi connectivity index (χ1n) is 9.75. The number of hydrogen-bond donors (Lipinski definition) is 0. The molecule has 0 radical (unpaired) electrons. The van der Waals surface area contributed by atoms with Gasteiger partial charge in [0.05, 0.1) is 11.6 Å². The van der Waals surface area contributed by atoms with Gasteiger partial charge in [0, 0.05) is 32.4 Å². The van der Waals surface area contributed by atoms with Gasteiger partial charge in [-0.15, -0.1) is 0 Å². The van der Waals surface area contributed by atoms with Crippen LogP contribution in [-0.2, 0) is 0 Å². The molecule has 0 unspecified atom stereocenters. The predicted octanol–water partition coefficient (Wildman–Crippen LogP) is 3.50. The molecule has 0 spiro atoms. The number of benzene rings is 2. The lowest BCUT2D eigenvalue weighted by Gasteiger charge is -2.39. The molecule has 1 aliphatic heterocycles. The summed E-state index contributed by atoms with van der Waals surface area (Å²) in [6.45, 7) is 2.91. The maximum Gasteiger partial charge on any atom is 0.255 e.